The third kappa shape index (κ3) is 4.58. The van der Waals surface area contributed by atoms with Gasteiger partial charge >= 0.3 is 6.18 Å². The van der Waals surface area contributed by atoms with Crippen molar-refractivity contribution >= 4 is 16.6 Å². The second-order valence-corrected chi connectivity index (χ2v) is 7.89. The number of halogens is 3. The van der Waals surface area contributed by atoms with Gasteiger partial charge in [-0.05, 0) is 61.4 Å². The SMILES string of the molecule is NC(Cc1cccc(NCC(F)(F)F)c1)Cc1c2n(c3ccccc13)CCCC2. The maximum atomic E-state index is 12.4. The van der Waals surface area contributed by atoms with Gasteiger partial charge in [0.15, 0.2) is 0 Å². The summed E-state index contributed by atoms with van der Waals surface area (Å²) in [4.78, 5) is 0. The molecule has 3 aromatic rings. The number of hydrogen-bond acceptors (Lipinski definition) is 2. The van der Waals surface area contributed by atoms with Crippen molar-refractivity contribution in [1.82, 2.24) is 4.57 Å². The maximum Gasteiger partial charge on any atom is 0.405 e. The number of nitrogens with zero attached hydrogens (tertiary/aromatic N) is 1. The van der Waals surface area contributed by atoms with Crippen LogP contribution < -0.4 is 11.1 Å². The molecule has 2 aromatic carbocycles. The molecule has 0 bridgehead atoms. The van der Waals surface area contributed by atoms with Crippen LogP contribution in [-0.2, 0) is 25.8 Å². The molecular weight excluding hydrogens is 375 g/mol. The Kier molecular flexibility index (Phi) is 5.54. The average molecular weight is 401 g/mol. The highest BCUT2D eigenvalue weighted by Crippen LogP contribution is 2.31. The van der Waals surface area contributed by atoms with Crippen LogP contribution in [0.5, 0.6) is 0 Å². The van der Waals surface area contributed by atoms with Crippen molar-refractivity contribution < 1.29 is 13.2 Å². The van der Waals surface area contributed by atoms with Crippen LogP contribution in [-0.4, -0.2) is 23.3 Å². The summed E-state index contributed by atoms with van der Waals surface area (Å²) < 4.78 is 39.8. The van der Waals surface area contributed by atoms with E-state index in [1.54, 1.807) is 18.2 Å². The number of anilines is 1. The lowest BCUT2D eigenvalue weighted by Gasteiger charge is -2.19. The van der Waals surface area contributed by atoms with Crippen LogP contribution in [0.3, 0.4) is 0 Å². The third-order valence-corrected chi connectivity index (χ3v) is 5.62. The Morgan fingerprint density at radius 1 is 1.03 bits per heavy atom. The summed E-state index contributed by atoms with van der Waals surface area (Å²) in [5, 5.41) is 3.72. The van der Waals surface area contributed by atoms with Crippen molar-refractivity contribution in [2.45, 2.75) is 50.9 Å². The van der Waals surface area contributed by atoms with Gasteiger partial charge in [-0.25, -0.2) is 0 Å². The molecule has 0 aliphatic carbocycles. The molecule has 0 saturated heterocycles. The lowest BCUT2D eigenvalue weighted by Crippen LogP contribution is -2.26. The largest absolute Gasteiger partial charge is 0.405 e. The topological polar surface area (TPSA) is 43.0 Å². The van der Waals surface area contributed by atoms with Gasteiger partial charge in [-0.1, -0.05) is 30.3 Å². The maximum absolute atomic E-state index is 12.4. The summed E-state index contributed by atoms with van der Waals surface area (Å²) in [7, 11) is 0. The van der Waals surface area contributed by atoms with Crippen LogP contribution in [0, 0.1) is 0 Å². The Morgan fingerprint density at radius 2 is 1.86 bits per heavy atom. The van der Waals surface area contributed by atoms with Crippen molar-refractivity contribution in [2.24, 2.45) is 5.73 Å². The van der Waals surface area contributed by atoms with Gasteiger partial charge in [-0.3, -0.25) is 0 Å². The molecule has 29 heavy (non-hydrogen) atoms. The minimum absolute atomic E-state index is 0.0923. The van der Waals surface area contributed by atoms with Gasteiger partial charge in [0.05, 0.1) is 0 Å². The molecule has 0 fully saturated rings. The first-order valence-corrected chi connectivity index (χ1v) is 10.1. The normalized spacial score (nSPS) is 15.3. The van der Waals surface area contributed by atoms with Crippen molar-refractivity contribution in [3.05, 3.63) is 65.4 Å². The van der Waals surface area contributed by atoms with E-state index < -0.39 is 12.7 Å². The molecule has 154 valence electrons. The van der Waals surface area contributed by atoms with Crippen LogP contribution in [0.15, 0.2) is 48.5 Å². The van der Waals surface area contributed by atoms with E-state index >= 15 is 0 Å². The quantitative estimate of drug-likeness (QED) is 0.606. The monoisotopic (exact) mass is 401 g/mol. The summed E-state index contributed by atoms with van der Waals surface area (Å²) in [6, 6.07) is 15.5. The molecular formula is C23H26F3N3. The molecule has 6 heteroatoms. The Labute approximate surface area is 168 Å². The number of rotatable bonds is 6. The molecule has 0 saturated carbocycles. The lowest BCUT2D eigenvalue weighted by atomic mass is 9.95. The molecule has 1 unspecified atom stereocenters. The highest BCUT2D eigenvalue weighted by Gasteiger charge is 2.26. The molecule has 1 atom stereocenters. The van der Waals surface area contributed by atoms with Crippen LogP contribution in [0.4, 0.5) is 18.9 Å². The number of nitrogens with one attached hydrogen (secondary N) is 1. The number of aryl methyl sites for hydroxylation is 1. The summed E-state index contributed by atoms with van der Waals surface area (Å²) in [5.41, 5.74) is 11.9. The molecule has 1 aliphatic heterocycles. The molecule has 3 nitrogen and oxygen atoms in total. The first-order valence-electron chi connectivity index (χ1n) is 10.1. The number of nitrogens with two attached hydrogens (primary N) is 1. The number of aromatic nitrogens is 1. The minimum Gasteiger partial charge on any atom is -0.376 e. The molecule has 0 spiro atoms. The van der Waals surface area contributed by atoms with Crippen LogP contribution in [0.25, 0.3) is 10.9 Å². The van der Waals surface area contributed by atoms with Gasteiger partial charge in [0.25, 0.3) is 0 Å². The number of fused-ring (bicyclic) bond motifs is 3. The van der Waals surface area contributed by atoms with Gasteiger partial charge in [-0.15, -0.1) is 0 Å². The summed E-state index contributed by atoms with van der Waals surface area (Å²) in [6.07, 6.45) is 0.638. The van der Waals surface area contributed by atoms with E-state index in [9.17, 15) is 13.2 Å². The fraction of sp³-hybridized carbons (Fsp3) is 0.391. The van der Waals surface area contributed by atoms with E-state index in [4.69, 9.17) is 5.73 Å². The number of hydrogen-bond donors (Lipinski definition) is 2. The van der Waals surface area contributed by atoms with Gasteiger partial charge in [0, 0.05) is 34.9 Å². The summed E-state index contributed by atoms with van der Waals surface area (Å²) in [6.45, 7) is 0.0172. The smallest absolute Gasteiger partial charge is 0.376 e. The van der Waals surface area contributed by atoms with E-state index in [1.807, 2.05) is 6.07 Å². The fourth-order valence-electron chi connectivity index (χ4n) is 4.41. The first-order chi connectivity index (χ1) is 13.9. The Bertz CT molecular complexity index is 991. The zero-order valence-electron chi connectivity index (χ0n) is 16.3. The minimum atomic E-state index is -4.23. The Hall–Kier alpha value is -2.47. The van der Waals surface area contributed by atoms with E-state index in [1.165, 1.54) is 35.0 Å². The molecule has 3 N–H and O–H groups in total. The molecule has 1 aliphatic rings. The molecule has 2 heterocycles. The van der Waals surface area contributed by atoms with Gasteiger partial charge in [-0.2, -0.15) is 13.2 Å². The average Bonchev–Trinajstić information content (AvgIpc) is 3.00. The van der Waals surface area contributed by atoms with E-state index in [0.717, 1.165) is 24.9 Å². The van der Waals surface area contributed by atoms with Crippen LogP contribution in [0.2, 0.25) is 0 Å². The second kappa shape index (κ2) is 8.11. The number of para-hydroxylation sites is 1. The summed E-state index contributed by atoms with van der Waals surface area (Å²) in [5.74, 6) is 0. The van der Waals surface area contributed by atoms with Crippen molar-refractivity contribution in [3.63, 3.8) is 0 Å². The van der Waals surface area contributed by atoms with Gasteiger partial charge < -0.3 is 15.6 Å². The second-order valence-electron chi connectivity index (χ2n) is 7.89. The van der Waals surface area contributed by atoms with Crippen molar-refractivity contribution in [1.29, 1.82) is 0 Å². The van der Waals surface area contributed by atoms with E-state index in [0.29, 0.717) is 12.1 Å². The predicted octanol–water partition coefficient (Wildman–Crippen LogP) is 5.06. The van der Waals surface area contributed by atoms with Crippen LogP contribution >= 0.6 is 0 Å². The third-order valence-electron chi connectivity index (χ3n) is 5.62. The van der Waals surface area contributed by atoms with E-state index in [2.05, 4.69) is 34.1 Å². The van der Waals surface area contributed by atoms with Crippen molar-refractivity contribution in [3.8, 4) is 0 Å². The summed E-state index contributed by atoms with van der Waals surface area (Å²) >= 11 is 0. The van der Waals surface area contributed by atoms with Crippen LogP contribution in [0.1, 0.15) is 29.7 Å². The molecule has 4 rings (SSSR count). The molecule has 0 amide bonds. The lowest BCUT2D eigenvalue weighted by molar-refractivity contribution is -0.115. The molecule has 1 aromatic heterocycles. The predicted molar refractivity (Wildman–Crippen MR) is 111 cm³/mol. The standard InChI is InChI=1S/C23H26F3N3/c24-23(25,26)15-28-18-7-5-6-16(13-18)12-17(27)14-20-19-8-1-2-9-21(19)29-11-4-3-10-22(20)29/h1-2,5-9,13,17,28H,3-4,10-12,14-15,27H2. The zero-order valence-corrected chi connectivity index (χ0v) is 16.3. The number of benzene rings is 2. The Balaban J connectivity index is 1.50. The Morgan fingerprint density at radius 3 is 2.69 bits per heavy atom. The zero-order chi connectivity index (χ0) is 20.4. The fourth-order valence-corrected chi connectivity index (χ4v) is 4.41. The number of alkyl halides is 3. The van der Waals surface area contributed by atoms with Gasteiger partial charge in [0.1, 0.15) is 6.54 Å². The van der Waals surface area contributed by atoms with Crippen molar-refractivity contribution in [2.75, 3.05) is 11.9 Å². The first kappa shape index (κ1) is 19.8. The highest BCUT2D eigenvalue weighted by molar-refractivity contribution is 5.85. The van der Waals surface area contributed by atoms with E-state index in [-0.39, 0.29) is 6.04 Å². The molecule has 0 radical (unpaired) electrons. The highest BCUT2D eigenvalue weighted by atomic mass is 19.4. The van der Waals surface area contributed by atoms with Gasteiger partial charge in [0.2, 0.25) is 0 Å².